The average molecular weight is 360 g/mol. The Morgan fingerprint density at radius 3 is 3.04 bits per heavy atom. The number of aromatic hydroxyl groups is 1. The molecule has 7 heteroatoms. The summed E-state index contributed by atoms with van der Waals surface area (Å²) in [5.41, 5.74) is 2.90. The third-order valence-electron chi connectivity index (χ3n) is 3.73. The van der Waals surface area contributed by atoms with Crippen LogP contribution in [0.25, 0.3) is 11.6 Å². The quantitative estimate of drug-likeness (QED) is 0.641. The molecule has 0 fully saturated rings. The molecule has 1 aromatic heterocycles. The number of aliphatic imine (C=N–C) groups is 1. The van der Waals surface area contributed by atoms with Crippen LogP contribution in [0.4, 0.5) is 5.69 Å². The third kappa shape index (κ3) is 3.32. The van der Waals surface area contributed by atoms with Gasteiger partial charge in [0, 0.05) is 30.3 Å². The number of allylic oxidation sites excluding steroid dienone is 1. The monoisotopic (exact) mass is 360 g/mol. The predicted octanol–water partition coefficient (Wildman–Crippen LogP) is 4.19. The number of carbonyl (C=O) groups is 1. The number of esters is 1. The molecule has 3 rings (SSSR count). The van der Waals surface area contributed by atoms with E-state index in [0.29, 0.717) is 28.2 Å². The molecule has 0 unspecified atom stereocenters. The molecule has 124 valence electrons. The van der Waals surface area contributed by atoms with Gasteiger partial charge in [-0.2, -0.15) is 0 Å². The van der Waals surface area contributed by atoms with Gasteiger partial charge in [-0.3, -0.25) is 14.4 Å². The average Bonchev–Trinajstić information content (AvgIpc) is 3.11. The van der Waals surface area contributed by atoms with Crippen LogP contribution in [-0.4, -0.2) is 29.0 Å². The zero-order valence-electron chi connectivity index (χ0n) is 13.1. The van der Waals surface area contributed by atoms with Gasteiger partial charge in [0.15, 0.2) is 3.95 Å². The van der Waals surface area contributed by atoms with Crippen molar-refractivity contribution in [3.63, 3.8) is 0 Å². The van der Waals surface area contributed by atoms with Gasteiger partial charge >= 0.3 is 5.97 Å². The molecule has 1 N–H and O–H groups in total. The minimum Gasteiger partial charge on any atom is -0.493 e. The molecule has 0 saturated heterocycles. The van der Waals surface area contributed by atoms with E-state index in [1.54, 1.807) is 10.8 Å². The molecule has 0 bridgehead atoms. The van der Waals surface area contributed by atoms with Crippen LogP contribution in [0, 0.1) is 3.95 Å². The van der Waals surface area contributed by atoms with Crippen molar-refractivity contribution in [3.8, 4) is 5.88 Å². The van der Waals surface area contributed by atoms with Crippen LogP contribution >= 0.6 is 23.6 Å². The number of hydrogen-bond donors (Lipinski definition) is 1. The van der Waals surface area contributed by atoms with E-state index in [1.807, 2.05) is 30.3 Å². The molecule has 0 radical (unpaired) electrons. The Morgan fingerprint density at radius 1 is 1.46 bits per heavy atom. The lowest BCUT2D eigenvalue weighted by Gasteiger charge is -2.04. The van der Waals surface area contributed by atoms with Gasteiger partial charge in [0.05, 0.1) is 17.7 Å². The molecule has 1 aliphatic rings. The first-order chi connectivity index (χ1) is 11.6. The molecule has 0 saturated carbocycles. The van der Waals surface area contributed by atoms with E-state index in [4.69, 9.17) is 12.2 Å². The molecule has 1 aromatic carbocycles. The van der Waals surface area contributed by atoms with E-state index in [2.05, 4.69) is 9.73 Å². The largest absolute Gasteiger partial charge is 0.493 e. The van der Waals surface area contributed by atoms with E-state index < -0.39 is 0 Å². The first kappa shape index (κ1) is 16.6. The summed E-state index contributed by atoms with van der Waals surface area (Å²) < 4.78 is 6.84. The van der Waals surface area contributed by atoms with Gasteiger partial charge < -0.3 is 9.84 Å². The number of hydrogen-bond acceptors (Lipinski definition) is 6. The third-order valence-corrected chi connectivity index (χ3v) is 5.11. The van der Waals surface area contributed by atoms with Crippen LogP contribution in [0.5, 0.6) is 5.88 Å². The fourth-order valence-electron chi connectivity index (χ4n) is 2.48. The highest BCUT2D eigenvalue weighted by Gasteiger charge is 2.15. The molecular formula is C17H16N2O3S2. The first-order valence-electron chi connectivity index (χ1n) is 7.44. The second-order valence-electron chi connectivity index (χ2n) is 5.26. The topological polar surface area (TPSA) is 63.8 Å². The SMILES string of the molecule is COC(=O)CCCn1c(O)c(/C=C2\C=Nc3ccccc32)sc1=S. The zero-order chi connectivity index (χ0) is 17.1. The lowest BCUT2D eigenvalue weighted by atomic mass is 10.1. The van der Waals surface area contributed by atoms with Gasteiger partial charge in [-0.05, 0) is 30.8 Å². The van der Waals surface area contributed by atoms with Crippen molar-refractivity contribution in [1.29, 1.82) is 0 Å². The summed E-state index contributed by atoms with van der Waals surface area (Å²) in [7, 11) is 1.36. The molecule has 5 nitrogen and oxygen atoms in total. The second-order valence-corrected chi connectivity index (χ2v) is 6.94. The summed E-state index contributed by atoms with van der Waals surface area (Å²) in [4.78, 5) is 16.2. The van der Waals surface area contributed by atoms with Crippen molar-refractivity contribution < 1.29 is 14.6 Å². The first-order valence-corrected chi connectivity index (χ1v) is 8.67. The lowest BCUT2D eigenvalue weighted by molar-refractivity contribution is -0.140. The summed E-state index contributed by atoms with van der Waals surface area (Å²) in [5.74, 6) is -0.141. The Balaban J connectivity index is 1.83. The Bertz CT molecular complexity index is 893. The van der Waals surface area contributed by atoms with Crippen LogP contribution in [-0.2, 0) is 16.1 Å². The second kappa shape index (κ2) is 7.11. The highest BCUT2D eigenvalue weighted by molar-refractivity contribution is 7.73. The number of nitrogens with zero attached hydrogens (tertiary/aromatic N) is 2. The number of rotatable bonds is 5. The van der Waals surface area contributed by atoms with Crippen LogP contribution in [0.2, 0.25) is 0 Å². The Morgan fingerprint density at radius 2 is 2.25 bits per heavy atom. The van der Waals surface area contributed by atoms with Crippen molar-refractivity contribution in [2.24, 2.45) is 4.99 Å². The highest BCUT2D eigenvalue weighted by atomic mass is 32.1. The molecule has 1 aliphatic heterocycles. The minimum absolute atomic E-state index is 0.125. The maximum atomic E-state index is 11.2. The van der Waals surface area contributed by atoms with Gasteiger partial charge in [0.25, 0.3) is 0 Å². The summed E-state index contributed by atoms with van der Waals surface area (Å²) in [6, 6.07) is 7.85. The van der Waals surface area contributed by atoms with Crippen LogP contribution in [0.1, 0.15) is 23.3 Å². The number of ether oxygens (including phenoxy) is 1. The van der Waals surface area contributed by atoms with Crippen molar-refractivity contribution in [1.82, 2.24) is 4.57 Å². The number of thiazole rings is 1. The predicted molar refractivity (Wildman–Crippen MR) is 98.5 cm³/mol. The summed E-state index contributed by atoms with van der Waals surface area (Å²) in [6.07, 6.45) is 4.53. The van der Waals surface area contributed by atoms with Crippen LogP contribution in [0.15, 0.2) is 29.3 Å². The summed E-state index contributed by atoms with van der Waals surface area (Å²) >= 11 is 6.67. The molecule has 0 amide bonds. The fraction of sp³-hybridized carbons (Fsp3) is 0.235. The number of aromatic nitrogens is 1. The molecular weight excluding hydrogens is 344 g/mol. The molecule has 0 aliphatic carbocycles. The normalized spacial score (nSPS) is 14.1. The molecule has 0 spiro atoms. The van der Waals surface area contributed by atoms with E-state index in [1.165, 1.54) is 18.4 Å². The number of carbonyl (C=O) groups excluding carboxylic acids is 1. The molecule has 2 heterocycles. The highest BCUT2D eigenvalue weighted by Crippen LogP contribution is 2.35. The van der Waals surface area contributed by atoms with Gasteiger partial charge in [0.2, 0.25) is 5.88 Å². The van der Waals surface area contributed by atoms with Gasteiger partial charge in [0.1, 0.15) is 0 Å². The van der Waals surface area contributed by atoms with Crippen LogP contribution < -0.4 is 0 Å². The standard InChI is InChI=1S/C17H16N2O3S2/c1-22-15(20)7-4-8-19-16(21)14(24-17(19)23)9-11-10-18-13-6-3-2-5-12(11)13/h2-3,5-6,9-10,21H,4,7-8H2,1H3/b11-9+. The smallest absolute Gasteiger partial charge is 0.305 e. The Hall–Kier alpha value is -2.25. The van der Waals surface area contributed by atoms with Crippen molar-refractivity contribution in [2.45, 2.75) is 19.4 Å². The fourth-order valence-corrected chi connectivity index (χ4v) is 3.79. The van der Waals surface area contributed by atoms with Crippen molar-refractivity contribution >= 4 is 53.1 Å². The van der Waals surface area contributed by atoms with E-state index in [0.717, 1.165) is 16.8 Å². The number of methoxy groups -OCH3 is 1. The minimum atomic E-state index is -0.266. The van der Waals surface area contributed by atoms with E-state index >= 15 is 0 Å². The van der Waals surface area contributed by atoms with Crippen molar-refractivity contribution in [3.05, 3.63) is 38.7 Å². The Labute approximate surface area is 148 Å². The van der Waals surface area contributed by atoms with Gasteiger partial charge in [-0.15, -0.1) is 11.3 Å². The zero-order valence-corrected chi connectivity index (χ0v) is 14.7. The maximum Gasteiger partial charge on any atom is 0.305 e. The number of benzene rings is 1. The van der Waals surface area contributed by atoms with Gasteiger partial charge in [-0.25, -0.2) is 0 Å². The maximum absolute atomic E-state index is 11.2. The molecule has 24 heavy (non-hydrogen) atoms. The van der Waals surface area contributed by atoms with Gasteiger partial charge in [-0.1, -0.05) is 18.2 Å². The Kier molecular flexibility index (Phi) is 4.92. The number of para-hydroxylation sites is 1. The molecule has 0 atom stereocenters. The number of fused-ring (bicyclic) bond motifs is 1. The molecule has 2 aromatic rings. The lowest BCUT2D eigenvalue weighted by Crippen LogP contribution is -2.04. The van der Waals surface area contributed by atoms with E-state index in [9.17, 15) is 9.90 Å². The van der Waals surface area contributed by atoms with Crippen LogP contribution in [0.3, 0.4) is 0 Å². The van der Waals surface area contributed by atoms with E-state index in [-0.39, 0.29) is 11.8 Å². The summed E-state index contributed by atoms with van der Waals surface area (Å²) in [6.45, 7) is 0.476. The van der Waals surface area contributed by atoms with Crippen molar-refractivity contribution in [2.75, 3.05) is 7.11 Å². The summed E-state index contributed by atoms with van der Waals surface area (Å²) in [5, 5.41) is 10.4.